The number of carbonyl (C=O) groups is 2. The Balaban J connectivity index is 1.68. The average Bonchev–Trinajstić information content (AvgIpc) is 3.13. The maximum Gasteiger partial charge on any atom is 0.320 e. The largest absolute Gasteiger partial charge is 0.481 e. The van der Waals surface area contributed by atoms with Crippen molar-refractivity contribution in [2.75, 3.05) is 26.1 Å². The molecule has 1 atom stereocenters. The van der Waals surface area contributed by atoms with Crippen molar-refractivity contribution >= 4 is 28.9 Å². The standard InChI is InChI=1S/C24H32N6O6/c1-14(20(31)32)11-24(2,3)21(33)26-12-15-5-7-16(8-6-15)13-30-19-17(27-23(30)34)18(25)28-22(29-19)36-10-9-35-4/h5-8,14H,9-13H2,1-4H3,(H,26,33)(H,27,34)(H,31,32)(H2,25,28,29). The molecule has 0 bridgehead atoms. The van der Waals surface area contributed by atoms with Gasteiger partial charge in [-0.15, -0.1) is 0 Å². The third-order valence-electron chi connectivity index (χ3n) is 5.77. The molecule has 2 aromatic heterocycles. The van der Waals surface area contributed by atoms with Crippen LogP contribution in [0, 0.1) is 11.3 Å². The Morgan fingerprint density at radius 1 is 1.14 bits per heavy atom. The van der Waals surface area contributed by atoms with Crippen molar-refractivity contribution in [2.45, 2.75) is 40.3 Å². The third-order valence-corrected chi connectivity index (χ3v) is 5.77. The molecule has 3 aromatic rings. The Hall–Kier alpha value is -3.93. The van der Waals surface area contributed by atoms with Crippen LogP contribution in [0.25, 0.3) is 11.2 Å². The van der Waals surface area contributed by atoms with Crippen LogP contribution in [-0.2, 0) is 27.4 Å². The van der Waals surface area contributed by atoms with Crippen LogP contribution in [0.5, 0.6) is 12.0 Å². The fourth-order valence-corrected chi connectivity index (χ4v) is 3.73. The number of rotatable bonds is 12. The number of imidazole rings is 1. The number of nitrogen functional groups attached to an aromatic ring is 1. The molecule has 1 aromatic carbocycles. The maximum atomic E-state index is 12.6. The Labute approximate surface area is 208 Å². The normalized spacial score (nSPS) is 12.4. The lowest BCUT2D eigenvalue weighted by Gasteiger charge is -2.25. The second-order valence-corrected chi connectivity index (χ2v) is 9.23. The number of carbonyl (C=O) groups excluding carboxylic acids is 1. The predicted octanol–water partition coefficient (Wildman–Crippen LogP) is 1.94. The van der Waals surface area contributed by atoms with E-state index in [2.05, 4.69) is 20.3 Å². The summed E-state index contributed by atoms with van der Waals surface area (Å²) in [7, 11) is 1.55. The van der Waals surface area contributed by atoms with Crippen LogP contribution in [0.1, 0.15) is 38.3 Å². The molecule has 0 radical (unpaired) electrons. The van der Waals surface area contributed by atoms with Crippen LogP contribution in [0.4, 0.5) is 5.82 Å². The summed E-state index contributed by atoms with van der Waals surface area (Å²) in [5.74, 6) is -1.66. The molecule has 36 heavy (non-hydrogen) atoms. The highest BCUT2D eigenvalue weighted by Gasteiger charge is 2.31. The van der Waals surface area contributed by atoms with E-state index >= 15 is 0 Å². The maximum absolute atomic E-state index is 12.6. The van der Waals surface area contributed by atoms with Gasteiger partial charge < -0.3 is 30.7 Å². The number of benzene rings is 1. The number of nitrogens with one attached hydrogen (secondary N) is 1. The minimum Gasteiger partial charge on any atom is -0.481 e. The topological polar surface area (TPSA) is 175 Å². The van der Waals surface area contributed by atoms with Crippen molar-refractivity contribution < 1.29 is 29.3 Å². The van der Waals surface area contributed by atoms with E-state index in [1.807, 2.05) is 24.3 Å². The molecule has 0 aliphatic heterocycles. The van der Waals surface area contributed by atoms with Gasteiger partial charge in [-0.25, -0.2) is 0 Å². The molecule has 12 nitrogen and oxygen atoms in total. The van der Waals surface area contributed by atoms with Crippen LogP contribution < -0.4 is 15.8 Å². The molecule has 194 valence electrons. The molecule has 1 unspecified atom stereocenters. The number of methoxy groups -OCH3 is 1. The molecule has 12 heteroatoms. The molecule has 2 heterocycles. The first-order valence-corrected chi connectivity index (χ1v) is 11.4. The molecule has 0 fully saturated rings. The molecule has 5 N–H and O–H groups in total. The van der Waals surface area contributed by atoms with Gasteiger partial charge in [0, 0.05) is 19.1 Å². The van der Waals surface area contributed by atoms with Crippen LogP contribution >= 0.6 is 0 Å². The summed E-state index contributed by atoms with van der Waals surface area (Å²) >= 11 is 0. The summed E-state index contributed by atoms with van der Waals surface area (Å²) in [6.45, 7) is 6.23. The lowest BCUT2D eigenvalue weighted by Crippen LogP contribution is -2.38. The number of hydrogen-bond acceptors (Lipinski definition) is 9. The Morgan fingerprint density at radius 3 is 2.44 bits per heavy atom. The lowest BCUT2D eigenvalue weighted by molar-refractivity contribution is -0.143. The summed E-state index contributed by atoms with van der Waals surface area (Å²) in [4.78, 5) is 36.2. The fraction of sp³-hybridized carbons (Fsp3) is 0.458. The van der Waals surface area contributed by atoms with Crippen LogP contribution in [-0.4, -0.2) is 61.9 Å². The first-order valence-electron chi connectivity index (χ1n) is 11.4. The Morgan fingerprint density at radius 2 is 1.81 bits per heavy atom. The van der Waals surface area contributed by atoms with Gasteiger partial charge in [-0.2, -0.15) is 15.0 Å². The number of fused-ring (bicyclic) bond motifs is 1. The van der Waals surface area contributed by atoms with Gasteiger partial charge in [-0.3, -0.25) is 14.2 Å². The van der Waals surface area contributed by atoms with Gasteiger partial charge >= 0.3 is 12.0 Å². The summed E-state index contributed by atoms with van der Waals surface area (Å²) in [6, 6.07) is 7.26. The van der Waals surface area contributed by atoms with E-state index in [0.717, 1.165) is 11.1 Å². The third kappa shape index (κ3) is 6.39. The molecule has 0 aliphatic carbocycles. The predicted molar refractivity (Wildman–Crippen MR) is 131 cm³/mol. The van der Waals surface area contributed by atoms with E-state index in [9.17, 15) is 14.7 Å². The van der Waals surface area contributed by atoms with Crippen molar-refractivity contribution in [3.05, 3.63) is 35.4 Å². The summed E-state index contributed by atoms with van der Waals surface area (Å²) in [6.07, 6.45) is 0.239. The number of hydrogen-bond donors (Lipinski definition) is 4. The van der Waals surface area contributed by atoms with Gasteiger partial charge in [-0.05, 0) is 17.5 Å². The highest BCUT2D eigenvalue weighted by atomic mass is 16.5. The van der Waals surface area contributed by atoms with Crippen molar-refractivity contribution in [3.63, 3.8) is 0 Å². The molecule has 1 amide bonds. The highest BCUT2D eigenvalue weighted by Crippen LogP contribution is 2.27. The number of ether oxygens (including phenoxy) is 2. The van der Waals surface area contributed by atoms with E-state index < -0.39 is 17.3 Å². The Kier molecular flexibility index (Phi) is 8.30. The zero-order valence-corrected chi connectivity index (χ0v) is 20.8. The number of aromatic nitrogens is 4. The SMILES string of the molecule is COCCOc1nc(N)c2nc(O)n(Cc3ccc(CNC(=O)C(C)(C)CC(C)C(=O)O)cc3)c2n1. The minimum absolute atomic E-state index is 0.0602. The number of carboxylic acids is 1. The zero-order valence-electron chi connectivity index (χ0n) is 20.8. The van der Waals surface area contributed by atoms with Gasteiger partial charge in [0.2, 0.25) is 5.91 Å². The van der Waals surface area contributed by atoms with E-state index in [1.165, 1.54) is 4.57 Å². The molecule has 0 saturated heterocycles. The first kappa shape index (κ1) is 26.7. The molecule has 3 rings (SSSR count). The van der Waals surface area contributed by atoms with Crippen molar-refractivity contribution in [3.8, 4) is 12.0 Å². The van der Waals surface area contributed by atoms with Gasteiger partial charge in [0.25, 0.3) is 6.01 Å². The lowest BCUT2D eigenvalue weighted by atomic mass is 9.82. The van der Waals surface area contributed by atoms with E-state index in [1.54, 1.807) is 27.9 Å². The number of amides is 1. The molecule has 0 aliphatic rings. The fourth-order valence-electron chi connectivity index (χ4n) is 3.73. The van der Waals surface area contributed by atoms with Crippen molar-refractivity contribution in [1.82, 2.24) is 24.8 Å². The van der Waals surface area contributed by atoms with E-state index in [4.69, 9.17) is 20.3 Å². The van der Waals surface area contributed by atoms with Gasteiger partial charge in [0.05, 0.1) is 19.1 Å². The minimum atomic E-state index is -0.924. The van der Waals surface area contributed by atoms with Crippen molar-refractivity contribution in [1.29, 1.82) is 0 Å². The quantitative estimate of drug-likeness (QED) is 0.269. The number of aromatic hydroxyl groups is 1. The smallest absolute Gasteiger partial charge is 0.320 e. The van der Waals surface area contributed by atoms with Crippen LogP contribution in [0.2, 0.25) is 0 Å². The van der Waals surface area contributed by atoms with Gasteiger partial charge in [-0.1, -0.05) is 45.0 Å². The van der Waals surface area contributed by atoms with Gasteiger partial charge in [0.15, 0.2) is 17.0 Å². The van der Waals surface area contributed by atoms with Crippen molar-refractivity contribution in [2.24, 2.45) is 11.3 Å². The summed E-state index contributed by atoms with van der Waals surface area (Å²) in [5, 5.41) is 22.4. The number of nitrogens with zero attached hydrogens (tertiary/aromatic N) is 4. The highest BCUT2D eigenvalue weighted by molar-refractivity contribution is 5.83. The summed E-state index contributed by atoms with van der Waals surface area (Å²) in [5.41, 5.74) is 7.49. The molecular weight excluding hydrogens is 468 g/mol. The van der Waals surface area contributed by atoms with Crippen LogP contribution in [0.15, 0.2) is 24.3 Å². The summed E-state index contributed by atoms with van der Waals surface area (Å²) < 4.78 is 11.9. The number of carboxylic acid groups (broad SMARTS) is 1. The average molecular weight is 501 g/mol. The first-order chi connectivity index (χ1) is 17.0. The second kappa shape index (κ2) is 11.2. The Bertz CT molecular complexity index is 1220. The van der Waals surface area contributed by atoms with Gasteiger partial charge in [0.1, 0.15) is 6.61 Å². The number of anilines is 1. The van der Waals surface area contributed by atoms with E-state index in [-0.39, 0.29) is 48.8 Å². The molecule has 0 saturated carbocycles. The molecule has 0 spiro atoms. The second-order valence-electron chi connectivity index (χ2n) is 9.23. The zero-order chi connectivity index (χ0) is 26.5. The number of nitrogens with two attached hydrogens (primary N) is 1. The monoisotopic (exact) mass is 500 g/mol. The van der Waals surface area contributed by atoms with Crippen LogP contribution in [0.3, 0.4) is 0 Å². The number of aliphatic carboxylic acids is 1. The van der Waals surface area contributed by atoms with E-state index in [0.29, 0.717) is 18.8 Å². The molecular formula is C24H32N6O6.